The van der Waals surface area contributed by atoms with Crippen LogP contribution in [-0.4, -0.2) is 12.1 Å². The second-order valence-corrected chi connectivity index (χ2v) is 2.22. The van der Waals surface area contributed by atoms with E-state index in [1.807, 2.05) is 0 Å². The number of ether oxygens (including phenoxy) is 1. The summed E-state index contributed by atoms with van der Waals surface area (Å²) in [5.41, 5.74) is 0. The van der Waals surface area contributed by atoms with Crippen LogP contribution < -0.4 is 4.74 Å². The number of pyridine rings is 1. The van der Waals surface area contributed by atoms with Crippen LogP contribution in [0, 0.1) is 0 Å². The van der Waals surface area contributed by atoms with E-state index in [9.17, 15) is 0 Å². The standard InChI is InChI=1S/C8H7NO2/c1-10-8-3-9-2-6-4-11-5-7(6)8/h2-5H,1H3. The third-order valence-corrected chi connectivity index (χ3v) is 1.58. The van der Waals surface area contributed by atoms with Crippen molar-refractivity contribution in [3.63, 3.8) is 0 Å². The van der Waals surface area contributed by atoms with E-state index in [-0.39, 0.29) is 0 Å². The molecule has 0 aliphatic heterocycles. The first-order valence-electron chi connectivity index (χ1n) is 3.25. The normalized spacial score (nSPS) is 10.3. The molecule has 3 heteroatoms. The summed E-state index contributed by atoms with van der Waals surface area (Å²) in [7, 11) is 1.61. The van der Waals surface area contributed by atoms with E-state index in [0.717, 1.165) is 16.5 Å². The van der Waals surface area contributed by atoms with Crippen molar-refractivity contribution in [1.82, 2.24) is 4.98 Å². The number of fused-ring (bicyclic) bond motifs is 1. The summed E-state index contributed by atoms with van der Waals surface area (Å²) in [6.07, 6.45) is 6.69. The third kappa shape index (κ3) is 0.852. The van der Waals surface area contributed by atoms with Crippen molar-refractivity contribution in [3.05, 3.63) is 24.9 Å². The van der Waals surface area contributed by atoms with Gasteiger partial charge in [0.1, 0.15) is 12.0 Å². The lowest BCUT2D eigenvalue weighted by Crippen LogP contribution is -1.83. The van der Waals surface area contributed by atoms with Crippen LogP contribution in [0.4, 0.5) is 0 Å². The molecule has 0 atom stereocenters. The Bertz CT molecular complexity index is 367. The Kier molecular flexibility index (Phi) is 1.28. The van der Waals surface area contributed by atoms with Crippen molar-refractivity contribution in [1.29, 1.82) is 0 Å². The largest absolute Gasteiger partial charge is 0.494 e. The zero-order chi connectivity index (χ0) is 7.68. The van der Waals surface area contributed by atoms with Crippen molar-refractivity contribution in [2.24, 2.45) is 0 Å². The lowest BCUT2D eigenvalue weighted by molar-refractivity contribution is 0.417. The molecule has 0 bridgehead atoms. The maximum atomic E-state index is 5.06. The van der Waals surface area contributed by atoms with Gasteiger partial charge >= 0.3 is 0 Å². The zero-order valence-electron chi connectivity index (χ0n) is 6.07. The average Bonchev–Trinajstić information content (AvgIpc) is 2.50. The summed E-state index contributed by atoms with van der Waals surface area (Å²) in [6.45, 7) is 0. The number of rotatable bonds is 1. The molecule has 0 fully saturated rings. The van der Waals surface area contributed by atoms with Crippen LogP contribution in [0.25, 0.3) is 10.8 Å². The minimum Gasteiger partial charge on any atom is -0.494 e. The molecule has 2 aromatic heterocycles. The van der Waals surface area contributed by atoms with E-state index >= 15 is 0 Å². The number of nitrogens with zero attached hydrogens (tertiary/aromatic N) is 1. The summed E-state index contributed by atoms with van der Waals surface area (Å²) in [5.74, 6) is 0.747. The van der Waals surface area contributed by atoms with Gasteiger partial charge in [-0.1, -0.05) is 0 Å². The van der Waals surface area contributed by atoms with Crippen LogP contribution in [0.5, 0.6) is 5.75 Å². The van der Waals surface area contributed by atoms with E-state index in [1.54, 1.807) is 32.0 Å². The molecule has 11 heavy (non-hydrogen) atoms. The molecule has 0 aliphatic carbocycles. The second-order valence-electron chi connectivity index (χ2n) is 2.22. The lowest BCUT2D eigenvalue weighted by atomic mass is 10.3. The van der Waals surface area contributed by atoms with E-state index in [0.29, 0.717) is 0 Å². The fourth-order valence-electron chi connectivity index (χ4n) is 1.02. The van der Waals surface area contributed by atoms with Gasteiger partial charge in [-0.15, -0.1) is 0 Å². The highest BCUT2D eigenvalue weighted by Crippen LogP contribution is 2.23. The maximum Gasteiger partial charge on any atom is 0.148 e. The average molecular weight is 149 g/mol. The molecule has 2 rings (SSSR count). The van der Waals surface area contributed by atoms with Gasteiger partial charge < -0.3 is 9.15 Å². The van der Waals surface area contributed by atoms with Gasteiger partial charge in [0.25, 0.3) is 0 Å². The molecule has 2 aromatic rings. The van der Waals surface area contributed by atoms with Crippen LogP contribution in [0.2, 0.25) is 0 Å². The van der Waals surface area contributed by atoms with Crippen LogP contribution in [-0.2, 0) is 0 Å². The van der Waals surface area contributed by atoms with Gasteiger partial charge in [-0.05, 0) is 0 Å². The van der Waals surface area contributed by atoms with E-state index in [4.69, 9.17) is 9.15 Å². The quantitative estimate of drug-likeness (QED) is 0.620. The molecule has 2 heterocycles. The summed E-state index contributed by atoms with van der Waals surface area (Å²) in [4.78, 5) is 3.97. The minimum atomic E-state index is 0.747. The van der Waals surface area contributed by atoms with Gasteiger partial charge in [0.15, 0.2) is 0 Å². The van der Waals surface area contributed by atoms with Crippen molar-refractivity contribution in [3.8, 4) is 5.75 Å². The molecule has 0 aromatic carbocycles. The Morgan fingerprint density at radius 1 is 1.36 bits per heavy atom. The maximum absolute atomic E-state index is 5.06. The van der Waals surface area contributed by atoms with E-state index in [2.05, 4.69) is 4.98 Å². The second kappa shape index (κ2) is 2.27. The van der Waals surface area contributed by atoms with Gasteiger partial charge in [-0.25, -0.2) is 0 Å². The molecule has 0 aliphatic rings. The molecule has 0 spiro atoms. The molecule has 0 radical (unpaired) electrons. The predicted molar refractivity (Wildman–Crippen MR) is 40.6 cm³/mol. The van der Waals surface area contributed by atoms with Crippen molar-refractivity contribution < 1.29 is 9.15 Å². The molecule has 0 saturated heterocycles. The lowest BCUT2D eigenvalue weighted by Gasteiger charge is -1.97. The van der Waals surface area contributed by atoms with E-state index in [1.165, 1.54) is 0 Å². The van der Waals surface area contributed by atoms with Gasteiger partial charge in [0.05, 0.1) is 25.0 Å². The van der Waals surface area contributed by atoms with Crippen LogP contribution in [0.3, 0.4) is 0 Å². The Hall–Kier alpha value is -1.51. The summed E-state index contributed by atoms with van der Waals surface area (Å²) >= 11 is 0. The van der Waals surface area contributed by atoms with E-state index < -0.39 is 0 Å². The number of methoxy groups -OCH3 is 1. The smallest absolute Gasteiger partial charge is 0.148 e. The highest BCUT2D eigenvalue weighted by atomic mass is 16.5. The SMILES string of the molecule is COc1cncc2cocc12. The molecule has 0 amide bonds. The fourth-order valence-corrected chi connectivity index (χ4v) is 1.02. The summed E-state index contributed by atoms with van der Waals surface area (Å²) < 4.78 is 10.1. The number of hydrogen-bond donors (Lipinski definition) is 0. The van der Waals surface area contributed by atoms with Crippen molar-refractivity contribution in [2.75, 3.05) is 7.11 Å². The van der Waals surface area contributed by atoms with Gasteiger partial charge in [-0.2, -0.15) is 0 Å². The van der Waals surface area contributed by atoms with Gasteiger partial charge in [0.2, 0.25) is 0 Å². The molecular weight excluding hydrogens is 142 g/mol. The highest BCUT2D eigenvalue weighted by Gasteiger charge is 2.01. The zero-order valence-corrected chi connectivity index (χ0v) is 6.07. The summed E-state index contributed by atoms with van der Waals surface area (Å²) in [5, 5.41) is 1.92. The number of hydrogen-bond acceptors (Lipinski definition) is 3. The van der Waals surface area contributed by atoms with Crippen molar-refractivity contribution in [2.45, 2.75) is 0 Å². The minimum absolute atomic E-state index is 0.747. The molecule has 0 saturated carbocycles. The van der Waals surface area contributed by atoms with Crippen LogP contribution >= 0.6 is 0 Å². The topological polar surface area (TPSA) is 35.3 Å². The number of aromatic nitrogens is 1. The predicted octanol–water partition coefficient (Wildman–Crippen LogP) is 1.84. The van der Waals surface area contributed by atoms with Gasteiger partial charge in [0, 0.05) is 11.6 Å². The highest BCUT2D eigenvalue weighted by molar-refractivity contribution is 5.85. The van der Waals surface area contributed by atoms with Crippen molar-refractivity contribution >= 4 is 10.8 Å². The first kappa shape index (κ1) is 6.22. The summed E-state index contributed by atoms with van der Waals surface area (Å²) in [6, 6.07) is 0. The molecule has 0 unspecified atom stereocenters. The van der Waals surface area contributed by atoms with Crippen LogP contribution in [0.15, 0.2) is 29.3 Å². The molecule has 0 N–H and O–H groups in total. The fraction of sp³-hybridized carbons (Fsp3) is 0.125. The first-order valence-corrected chi connectivity index (χ1v) is 3.25. The monoisotopic (exact) mass is 149 g/mol. The molecular formula is C8H7NO2. The Balaban J connectivity index is 2.79. The Labute approximate surface area is 63.6 Å². The Morgan fingerprint density at radius 2 is 2.27 bits per heavy atom. The third-order valence-electron chi connectivity index (χ3n) is 1.58. The van der Waals surface area contributed by atoms with Crippen LogP contribution in [0.1, 0.15) is 0 Å². The number of furan rings is 1. The molecule has 3 nitrogen and oxygen atoms in total. The van der Waals surface area contributed by atoms with Gasteiger partial charge in [-0.3, -0.25) is 4.98 Å². The molecule has 56 valence electrons. The first-order chi connectivity index (χ1) is 5.42. The Morgan fingerprint density at radius 3 is 3.09 bits per heavy atom.